The third-order valence-electron chi connectivity index (χ3n) is 5.51. The van der Waals surface area contributed by atoms with Gasteiger partial charge in [0.1, 0.15) is 11.5 Å². The first-order chi connectivity index (χ1) is 12.6. The maximum atomic E-state index is 6.23. The third kappa shape index (κ3) is 3.61. The van der Waals surface area contributed by atoms with Gasteiger partial charge >= 0.3 is 0 Å². The molecule has 2 saturated carbocycles. The number of hydrogen-bond donors (Lipinski definition) is 2. The summed E-state index contributed by atoms with van der Waals surface area (Å²) in [4.78, 5) is 4.77. The number of benzene rings is 1. The number of nitrogens with zero attached hydrogens (tertiary/aromatic N) is 1. The number of guanidine groups is 1. The molecule has 6 heteroatoms. The Balaban J connectivity index is 1.72. The van der Waals surface area contributed by atoms with Crippen LogP contribution in [0.5, 0.6) is 11.5 Å². The van der Waals surface area contributed by atoms with E-state index in [1.807, 2.05) is 32.0 Å². The van der Waals surface area contributed by atoms with Crippen molar-refractivity contribution in [3.63, 3.8) is 0 Å². The summed E-state index contributed by atoms with van der Waals surface area (Å²) in [7, 11) is 0. The van der Waals surface area contributed by atoms with Crippen LogP contribution in [0.2, 0.25) is 0 Å². The van der Waals surface area contributed by atoms with Crippen molar-refractivity contribution in [1.29, 1.82) is 0 Å². The highest BCUT2D eigenvalue weighted by Crippen LogP contribution is 2.58. The van der Waals surface area contributed by atoms with Gasteiger partial charge < -0.3 is 25.3 Å². The van der Waals surface area contributed by atoms with E-state index in [-0.39, 0.29) is 11.5 Å². The second kappa shape index (κ2) is 8.16. The number of anilines is 1. The first kappa shape index (κ1) is 18.8. The summed E-state index contributed by atoms with van der Waals surface area (Å²) in [5.74, 6) is 1.95. The standard InChI is InChI=1S/C20H31N3O3/c1-4-24-14-8-9-16(25-5-2)15(12-14)22-19(21)23-17-13-18(26-6-3)20(17)10-7-11-20/h8-9,12,17-18H,4-7,10-11,13H2,1-3H3,(H3,21,22,23). The normalized spacial score (nSPS) is 23.9. The van der Waals surface area contributed by atoms with Gasteiger partial charge in [0.25, 0.3) is 0 Å². The van der Waals surface area contributed by atoms with Gasteiger partial charge in [0.2, 0.25) is 0 Å². The first-order valence-electron chi connectivity index (χ1n) is 9.74. The van der Waals surface area contributed by atoms with E-state index < -0.39 is 0 Å². The largest absolute Gasteiger partial charge is 0.494 e. The summed E-state index contributed by atoms with van der Waals surface area (Å²) >= 11 is 0. The molecule has 1 aromatic carbocycles. The van der Waals surface area contributed by atoms with Crippen molar-refractivity contribution in [2.45, 2.75) is 58.6 Å². The van der Waals surface area contributed by atoms with Crippen molar-refractivity contribution in [3.05, 3.63) is 18.2 Å². The molecule has 2 atom stereocenters. The number of ether oxygens (including phenoxy) is 3. The van der Waals surface area contributed by atoms with E-state index in [1.165, 1.54) is 19.3 Å². The lowest BCUT2D eigenvalue weighted by molar-refractivity contribution is -0.162. The van der Waals surface area contributed by atoms with Crippen LogP contribution in [0, 0.1) is 5.41 Å². The Morgan fingerprint density at radius 3 is 2.58 bits per heavy atom. The Labute approximate surface area is 156 Å². The van der Waals surface area contributed by atoms with E-state index >= 15 is 0 Å². The van der Waals surface area contributed by atoms with Crippen molar-refractivity contribution < 1.29 is 14.2 Å². The SMILES string of the molecule is CCOc1ccc(OCC)c(NC(N)=NC2CC(OCC)C23CCC3)c1. The minimum absolute atomic E-state index is 0.207. The van der Waals surface area contributed by atoms with Crippen LogP contribution in [-0.2, 0) is 4.74 Å². The highest BCUT2D eigenvalue weighted by atomic mass is 16.5. The van der Waals surface area contributed by atoms with Crippen LogP contribution in [0.3, 0.4) is 0 Å². The maximum absolute atomic E-state index is 6.23. The lowest BCUT2D eigenvalue weighted by atomic mass is 9.51. The van der Waals surface area contributed by atoms with Crippen LogP contribution in [0.1, 0.15) is 46.5 Å². The fourth-order valence-corrected chi connectivity index (χ4v) is 4.07. The molecule has 2 unspecified atom stereocenters. The van der Waals surface area contributed by atoms with Gasteiger partial charge in [-0.25, -0.2) is 4.99 Å². The molecule has 144 valence electrons. The first-order valence-corrected chi connectivity index (χ1v) is 9.74. The number of aliphatic imine (C=N–C) groups is 1. The Hall–Kier alpha value is -1.95. The van der Waals surface area contributed by atoms with Crippen molar-refractivity contribution in [3.8, 4) is 11.5 Å². The molecule has 1 aromatic rings. The van der Waals surface area contributed by atoms with Crippen molar-refractivity contribution in [1.82, 2.24) is 0 Å². The monoisotopic (exact) mass is 361 g/mol. The molecule has 2 aliphatic carbocycles. The van der Waals surface area contributed by atoms with Gasteiger partial charge in [-0.05, 0) is 52.2 Å². The van der Waals surface area contributed by atoms with E-state index in [2.05, 4.69) is 12.2 Å². The molecular weight excluding hydrogens is 330 g/mol. The fourth-order valence-electron chi connectivity index (χ4n) is 4.07. The smallest absolute Gasteiger partial charge is 0.193 e. The highest BCUT2D eigenvalue weighted by molar-refractivity contribution is 5.94. The zero-order chi connectivity index (χ0) is 18.6. The zero-order valence-corrected chi connectivity index (χ0v) is 16.1. The molecule has 26 heavy (non-hydrogen) atoms. The summed E-state index contributed by atoms with van der Waals surface area (Å²) in [6.07, 6.45) is 4.91. The molecule has 3 N–H and O–H groups in total. The predicted molar refractivity (Wildman–Crippen MR) is 104 cm³/mol. The van der Waals surface area contributed by atoms with Gasteiger partial charge in [0.05, 0.1) is 31.0 Å². The molecule has 0 aromatic heterocycles. The second-order valence-electron chi connectivity index (χ2n) is 6.95. The topological polar surface area (TPSA) is 78.1 Å². The predicted octanol–water partition coefficient (Wildman–Crippen LogP) is 3.56. The fraction of sp³-hybridized carbons (Fsp3) is 0.650. The molecule has 0 saturated heterocycles. The molecule has 0 bridgehead atoms. The van der Waals surface area contributed by atoms with Crippen LogP contribution in [0.15, 0.2) is 23.2 Å². The van der Waals surface area contributed by atoms with Crippen LogP contribution in [0.4, 0.5) is 5.69 Å². The quantitative estimate of drug-likeness (QED) is 0.547. The van der Waals surface area contributed by atoms with Crippen LogP contribution >= 0.6 is 0 Å². The lowest BCUT2D eigenvalue weighted by Gasteiger charge is -2.59. The van der Waals surface area contributed by atoms with E-state index in [1.54, 1.807) is 0 Å². The van der Waals surface area contributed by atoms with Gasteiger partial charge in [-0.1, -0.05) is 6.42 Å². The van der Waals surface area contributed by atoms with Crippen molar-refractivity contribution in [2.24, 2.45) is 16.1 Å². The highest BCUT2D eigenvalue weighted by Gasteiger charge is 2.59. The van der Waals surface area contributed by atoms with E-state index in [4.69, 9.17) is 24.9 Å². The molecule has 0 heterocycles. The Kier molecular flexibility index (Phi) is 5.91. The Morgan fingerprint density at radius 1 is 1.19 bits per heavy atom. The van der Waals surface area contributed by atoms with Crippen LogP contribution < -0.4 is 20.5 Å². The lowest BCUT2D eigenvalue weighted by Crippen LogP contribution is -2.61. The molecular formula is C20H31N3O3. The molecule has 0 aliphatic heterocycles. The Morgan fingerprint density at radius 2 is 1.96 bits per heavy atom. The third-order valence-corrected chi connectivity index (χ3v) is 5.51. The summed E-state index contributed by atoms with van der Waals surface area (Å²) in [6, 6.07) is 5.94. The molecule has 0 amide bonds. The van der Waals surface area contributed by atoms with Crippen LogP contribution in [0.25, 0.3) is 0 Å². The van der Waals surface area contributed by atoms with E-state index in [0.717, 1.165) is 30.2 Å². The van der Waals surface area contributed by atoms with E-state index in [9.17, 15) is 0 Å². The van der Waals surface area contributed by atoms with Gasteiger partial charge in [0, 0.05) is 18.1 Å². The molecule has 0 radical (unpaired) electrons. The van der Waals surface area contributed by atoms with Gasteiger partial charge in [0.15, 0.2) is 5.96 Å². The molecule has 1 spiro atoms. The maximum Gasteiger partial charge on any atom is 0.193 e. The average Bonchev–Trinajstić information content (AvgIpc) is 2.55. The molecule has 2 fully saturated rings. The van der Waals surface area contributed by atoms with Gasteiger partial charge in [-0.3, -0.25) is 0 Å². The average molecular weight is 361 g/mol. The minimum atomic E-state index is 0.207. The summed E-state index contributed by atoms with van der Waals surface area (Å²) in [5, 5.41) is 3.21. The summed E-state index contributed by atoms with van der Waals surface area (Å²) < 4.78 is 17.2. The number of rotatable bonds is 8. The van der Waals surface area contributed by atoms with Crippen LogP contribution in [-0.4, -0.2) is 37.9 Å². The molecule has 3 rings (SSSR count). The van der Waals surface area contributed by atoms with Gasteiger partial charge in [-0.2, -0.15) is 0 Å². The number of nitrogens with one attached hydrogen (secondary N) is 1. The number of nitrogens with two attached hydrogens (primary N) is 1. The Bertz CT molecular complexity index is 643. The molecule has 2 aliphatic rings. The molecule has 6 nitrogen and oxygen atoms in total. The summed E-state index contributed by atoms with van der Waals surface area (Å²) in [6.45, 7) is 7.93. The second-order valence-corrected chi connectivity index (χ2v) is 6.95. The van der Waals surface area contributed by atoms with Crippen molar-refractivity contribution >= 4 is 11.6 Å². The minimum Gasteiger partial charge on any atom is -0.494 e. The summed E-state index contributed by atoms with van der Waals surface area (Å²) in [5.41, 5.74) is 7.21. The van der Waals surface area contributed by atoms with Gasteiger partial charge in [-0.15, -0.1) is 0 Å². The number of hydrogen-bond acceptors (Lipinski definition) is 4. The van der Waals surface area contributed by atoms with E-state index in [0.29, 0.717) is 25.3 Å². The zero-order valence-electron chi connectivity index (χ0n) is 16.1. The van der Waals surface area contributed by atoms with Crippen molar-refractivity contribution in [2.75, 3.05) is 25.1 Å².